The van der Waals surface area contributed by atoms with E-state index in [9.17, 15) is 0 Å². The van der Waals surface area contributed by atoms with Crippen LogP contribution in [-0.2, 0) is 0 Å². The van der Waals surface area contributed by atoms with E-state index in [1.54, 1.807) is 18.3 Å². The fourth-order valence-electron chi connectivity index (χ4n) is 1.27. The molecule has 5 nitrogen and oxygen atoms in total. The van der Waals surface area contributed by atoms with Gasteiger partial charge in [-0.3, -0.25) is 0 Å². The molecule has 2 rings (SSSR count). The van der Waals surface area contributed by atoms with Gasteiger partial charge in [0.2, 0.25) is 5.89 Å². The van der Waals surface area contributed by atoms with Crippen molar-refractivity contribution in [3.63, 3.8) is 0 Å². The van der Waals surface area contributed by atoms with Gasteiger partial charge in [-0.15, -0.1) is 28.0 Å². The lowest BCUT2D eigenvalue weighted by molar-refractivity contribution is 0.501. The van der Waals surface area contributed by atoms with Gasteiger partial charge in [-0.1, -0.05) is 5.10 Å². The van der Waals surface area contributed by atoms with E-state index in [0.717, 1.165) is 10.7 Å². The van der Waals surface area contributed by atoms with Gasteiger partial charge in [-0.25, -0.2) is 4.98 Å². The molecule has 0 aliphatic rings. The standard InChI is InChI=1S/C10H13ClN4OS/c1-5-4-17-9(12-5)7(3)13-10-15-14-8(16-10)6(2)11/h4,6-7H,1-3H3,(H,13,15). The van der Waals surface area contributed by atoms with E-state index in [1.165, 1.54) is 0 Å². The van der Waals surface area contributed by atoms with Crippen molar-refractivity contribution >= 4 is 29.0 Å². The molecule has 2 heterocycles. The monoisotopic (exact) mass is 272 g/mol. The van der Waals surface area contributed by atoms with Crippen LogP contribution in [0.3, 0.4) is 0 Å². The Labute approximate surface area is 108 Å². The molecule has 0 radical (unpaired) electrons. The van der Waals surface area contributed by atoms with Gasteiger partial charge in [-0.2, -0.15) is 0 Å². The zero-order valence-corrected chi connectivity index (χ0v) is 11.3. The number of anilines is 1. The number of hydrogen-bond donors (Lipinski definition) is 1. The number of aromatic nitrogens is 3. The third-order valence-corrected chi connectivity index (χ3v) is 3.46. The normalized spacial score (nSPS) is 14.6. The Hall–Kier alpha value is -1.14. The van der Waals surface area contributed by atoms with Crippen molar-refractivity contribution in [3.05, 3.63) is 22.0 Å². The maximum absolute atomic E-state index is 5.84. The first-order valence-corrected chi connectivity index (χ1v) is 6.54. The second-order valence-electron chi connectivity index (χ2n) is 3.75. The van der Waals surface area contributed by atoms with Crippen molar-refractivity contribution in [1.82, 2.24) is 15.2 Å². The van der Waals surface area contributed by atoms with Gasteiger partial charge in [0.1, 0.15) is 10.4 Å². The third-order valence-electron chi connectivity index (χ3n) is 2.13. The van der Waals surface area contributed by atoms with Crippen molar-refractivity contribution in [3.8, 4) is 0 Å². The summed E-state index contributed by atoms with van der Waals surface area (Å²) in [6.45, 7) is 5.74. The molecule has 17 heavy (non-hydrogen) atoms. The first-order chi connectivity index (χ1) is 8.06. The summed E-state index contributed by atoms with van der Waals surface area (Å²) in [4.78, 5) is 4.39. The van der Waals surface area contributed by atoms with Crippen molar-refractivity contribution in [2.75, 3.05) is 5.32 Å². The first-order valence-electron chi connectivity index (χ1n) is 5.22. The lowest BCUT2D eigenvalue weighted by Gasteiger charge is -2.07. The number of alkyl halides is 1. The van der Waals surface area contributed by atoms with Crippen molar-refractivity contribution in [1.29, 1.82) is 0 Å². The molecule has 0 spiro atoms. The van der Waals surface area contributed by atoms with Gasteiger partial charge in [0.25, 0.3) is 0 Å². The summed E-state index contributed by atoms with van der Waals surface area (Å²) < 4.78 is 5.36. The van der Waals surface area contributed by atoms with E-state index in [4.69, 9.17) is 16.0 Å². The van der Waals surface area contributed by atoms with E-state index in [1.807, 2.05) is 19.2 Å². The Morgan fingerprint density at radius 1 is 1.41 bits per heavy atom. The Kier molecular flexibility index (Phi) is 3.63. The van der Waals surface area contributed by atoms with Crippen LogP contribution in [0.25, 0.3) is 0 Å². The van der Waals surface area contributed by atoms with E-state index in [2.05, 4.69) is 20.5 Å². The number of aryl methyl sites for hydroxylation is 1. The molecule has 0 saturated carbocycles. The fraction of sp³-hybridized carbons (Fsp3) is 0.500. The quantitative estimate of drug-likeness (QED) is 0.865. The largest absolute Gasteiger partial charge is 0.406 e. The van der Waals surface area contributed by atoms with Crippen LogP contribution >= 0.6 is 22.9 Å². The summed E-state index contributed by atoms with van der Waals surface area (Å²) in [5.41, 5.74) is 1.01. The van der Waals surface area contributed by atoms with Crippen LogP contribution in [0.4, 0.5) is 6.01 Å². The molecule has 0 aliphatic carbocycles. The molecular formula is C10H13ClN4OS. The molecule has 0 amide bonds. The predicted molar refractivity (Wildman–Crippen MR) is 67.5 cm³/mol. The molecule has 0 aliphatic heterocycles. The van der Waals surface area contributed by atoms with Crippen LogP contribution in [0.1, 0.15) is 41.9 Å². The number of halogens is 1. The molecular weight excluding hydrogens is 260 g/mol. The molecule has 0 aromatic carbocycles. The lowest BCUT2D eigenvalue weighted by Crippen LogP contribution is -2.06. The number of nitrogens with zero attached hydrogens (tertiary/aromatic N) is 3. The fourth-order valence-corrected chi connectivity index (χ4v) is 2.16. The highest BCUT2D eigenvalue weighted by Crippen LogP contribution is 2.24. The molecule has 0 fully saturated rings. The number of hydrogen-bond acceptors (Lipinski definition) is 6. The number of nitrogens with one attached hydrogen (secondary N) is 1. The molecule has 2 unspecified atom stereocenters. The molecule has 2 aromatic heterocycles. The maximum atomic E-state index is 5.84. The Bertz CT molecular complexity index is 496. The van der Waals surface area contributed by atoms with Gasteiger partial charge in [0, 0.05) is 11.1 Å². The highest BCUT2D eigenvalue weighted by molar-refractivity contribution is 7.09. The maximum Gasteiger partial charge on any atom is 0.316 e. The SMILES string of the molecule is Cc1csc(C(C)Nc2nnc(C(C)Cl)o2)n1. The Morgan fingerprint density at radius 3 is 2.71 bits per heavy atom. The summed E-state index contributed by atoms with van der Waals surface area (Å²) in [6, 6.07) is 0.403. The molecule has 0 saturated heterocycles. The minimum absolute atomic E-state index is 0.0348. The van der Waals surface area contributed by atoms with Crippen LogP contribution < -0.4 is 5.32 Å². The molecule has 1 N–H and O–H groups in total. The van der Waals surface area contributed by atoms with Gasteiger partial charge < -0.3 is 9.73 Å². The van der Waals surface area contributed by atoms with Crippen LogP contribution in [0.2, 0.25) is 0 Å². The highest BCUT2D eigenvalue weighted by atomic mass is 35.5. The predicted octanol–water partition coefficient (Wildman–Crippen LogP) is 3.31. The summed E-state index contributed by atoms with van der Waals surface area (Å²) in [5.74, 6) is 0.414. The number of rotatable bonds is 4. The van der Waals surface area contributed by atoms with E-state index in [0.29, 0.717) is 11.9 Å². The van der Waals surface area contributed by atoms with Crippen LogP contribution in [0.5, 0.6) is 0 Å². The summed E-state index contributed by atoms with van der Waals surface area (Å²) in [7, 11) is 0. The Balaban J connectivity index is 2.05. The number of thiazole rings is 1. The smallest absolute Gasteiger partial charge is 0.316 e. The van der Waals surface area contributed by atoms with Crippen molar-refractivity contribution in [2.45, 2.75) is 32.2 Å². The van der Waals surface area contributed by atoms with E-state index >= 15 is 0 Å². The molecule has 0 bridgehead atoms. The minimum atomic E-state index is -0.282. The first kappa shape index (κ1) is 12.3. The average molecular weight is 273 g/mol. The topological polar surface area (TPSA) is 63.8 Å². The zero-order chi connectivity index (χ0) is 12.4. The average Bonchev–Trinajstić information content (AvgIpc) is 2.86. The third kappa shape index (κ3) is 2.95. The molecule has 2 aromatic rings. The molecule has 92 valence electrons. The van der Waals surface area contributed by atoms with Gasteiger partial charge in [0.15, 0.2) is 0 Å². The summed E-state index contributed by atoms with van der Waals surface area (Å²) in [5, 5.41) is 13.5. The van der Waals surface area contributed by atoms with E-state index < -0.39 is 0 Å². The zero-order valence-electron chi connectivity index (χ0n) is 9.77. The summed E-state index contributed by atoms with van der Waals surface area (Å²) in [6.07, 6.45) is 0. The van der Waals surface area contributed by atoms with Crippen LogP contribution in [-0.4, -0.2) is 15.2 Å². The van der Waals surface area contributed by atoms with Gasteiger partial charge >= 0.3 is 6.01 Å². The highest BCUT2D eigenvalue weighted by Gasteiger charge is 2.15. The molecule has 2 atom stereocenters. The van der Waals surface area contributed by atoms with Crippen LogP contribution in [0.15, 0.2) is 9.80 Å². The minimum Gasteiger partial charge on any atom is -0.406 e. The van der Waals surface area contributed by atoms with Crippen molar-refractivity contribution < 1.29 is 4.42 Å². The second kappa shape index (κ2) is 5.01. The van der Waals surface area contributed by atoms with Crippen molar-refractivity contribution in [2.24, 2.45) is 0 Å². The van der Waals surface area contributed by atoms with E-state index in [-0.39, 0.29) is 11.4 Å². The Morgan fingerprint density at radius 2 is 2.18 bits per heavy atom. The summed E-state index contributed by atoms with van der Waals surface area (Å²) >= 11 is 7.44. The van der Waals surface area contributed by atoms with Crippen LogP contribution in [0, 0.1) is 6.92 Å². The molecule has 7 heteroatoms. The lowest BCUT2D eigenvalue weighted by atomic mass is 10.3. The van der Waals surface area contributed by atoms with Gasteiger partial charge in [0.05, 0.1) is 6.04 Å². The second-order valence-corrected chi connectivity index (χ2v) is 5.30. The van der Waals surface area contributed by atoms with Gasteiger partial charge in [-0.05, 0) is 20.8 Å².